The minimum absolute atomic E-state index is 0.0548. The molecule has 0 saturated heterocycles. The number of aliphatic hydroxyl groups excluding tert-OH is 5. The van der Waals surface area contributed by atoms with Gasteiger partial charge in [-0.25, -0.2) is 9.59 Å². The standard InChI is InChI=1S/C56H90N14O23/c1-5-6-7-8-9-10-11-12-13-14-15-16-30-19-31(30)17-18-35(73)46(83)67-42(44(81)52(90)91)50(87)69(26-72)34(21-39(78)79)49(86)70(56(22-28(56)2)53(92)68(4)55(60)61)27-93-29(3)40(47(84)62-24-37(75)64-33(25-71)51(88)89)65-48(85)41(43(80)36(74)23-63-54(58)59)66-45(82)32(57)20-38(76)77/h10-11,17-18,26,28-36,40-44,71,73-74,80-81H,5-9,12-16,19-25,27,57H2,1-4H3,(H3,60,61)(H,62,84)(H,64,75)(H,65,85)(H,66,82)(H,67,83)(H,76,77)(H,78,79)(H,88,89)(H,90,91)(H4,58,59,63)/b11-10-,18-17+/t28-,29-,30+,31+,32-,33-,34-,35?,36?,40-,41?,42-,43?,44-,56-/m0/s1. The van der Waals surface area contributed by atoms with E-state index in [-0.39, 0.29) is 16.7 Å². The van der Waals surface area contributed by atoms with E-state index in [0.717, 1.165) is 71.4 Å². The number of nitrogens with one attached hydrogen (secondary N) is 6. The zero-order chi connectivity index (χ0) is 70.6. The molecule has 0 aromatic carbocycles. The molecule has 9 amide bonds. The summed E-state index contributed by atoms with van der Waals surface area (Å²) in [7, 11) is 0.961. The molecule has 2 rings (SSSR count). The fraction of sp³-hybridized carbons (Fsp3) is 0.661. The van der Waals surface area contributed by atoms with Gasteiger partial charge in [-0.1, -0.05) is 70.3 Å². The van der Waals surface area contributed by atoms with Crippen LogP contribution in [0.15, 0.2) is 29.3 Å². The number of hydrogen-bond acceptors (Lipinski definition) is 22. The number of amides is 9. The van der Waals surface area contributed by atoms with Gasteiger partial charge < -0.3 is 105 Å². The Kier molecular flexibility index (Phi) is 33.6. The van der Waals surface area contributed by atoms with Crippen LogP contribution in [-0.2, 0) is 67.1 Å². The summed E-state index contributed by atoms with van der Waals surface area (Å²) in [5, 5.41) is 110. The maximum Gasteiger partial charge on any atom is 0.335 e. The van der Waals surface area contributed by atoms with Crippen LogP contribution >= 0.6 is 0 Å². The first-order chi connectivity index (χ1) is 43.6. The first kappa shape index (κ1) is 80.3. The lowest BCUT2D eigenvalue weighted by atomic mass is 10.0. The summed E-state index contributed by atoms with van der Waals surface area (Å²) in [6.07, 6.45) is 2.83. The van der Waals surface area contributed by atoms with Crippen LogP contribution in [0.25, 0.3) is 0 Å². The molecule has 2 fully saturated rings. The molecule has 0 aliphatic heterocycles. The molecule has 2 aliphatic carbocycles. The SMILES string of the molecule is CCCCCC/C=C\CCCCC[C@@H]1C[C@H]1/C=C/C(O)C(=O)N[C@H](C(=O)N(C=O)[C@@H](CC(=O)O)C(=O)N(CO[C@@H](C)[C@H](NC(=O)C(NC(=O)[C@@H](N)CC(=O)O)C(O)C(O)CN=C(N)N)C(=O)NCC(=O)N[C@@H](CO)C(=O)O)[C@@]1(C(=O)N(C)C(=N)N)C[C@@H]1C)[C@H](O)C(=O)O. The van der Waals surface area contributed by atoms with Crippen LogP contribution in [0.5, 0.6) is 0 Å². The summed E-state index contributed by atoms with van der Waals surface area (Å²) in [4.78, 5) is 177. The van der Waals surface area contributed by atoms with Crippen molar-refractivity contribution in [2.45, 2.75) is 183 Å². The van der Waals surface area contributed by atoms with E-state index in [2.05, 4.69) is 29.4 Å². The molecular weight excluding hydrogens is 1240 g/mol. The normalized spacial score (nSPS) is 20.0. The molecule has 37 nitrogen and oxygen atoms in total. The molecule has 0 bridgehead atoms. The fourth-order valence-electron chi connectivity index (χ4n) is 9.68. The molecule has 0 radical (unpaired) electrons. The topological polar surface area (TPSA) is 623 Å². The Morgan fingerprint density at radius 2 is 1.34 bits per heavy atom. The van der Waals surface area contributed by atoms with Gasteiger partial charge in [-0.2, -0.15) is 0 Å². The highest BCUT2D eigenvalue weighted by atomic mass is 16.5. The molecule has 15 atom stereocenters. The lowest BCUT2D eigenvalue weighted by Gasteiger charge is -2.39. The van der Waals surface area contributed by atoms with E-state index in [4.69, 9.17) is 33.1 Å². The average molecular weight is 1330 g/mol. The van der Waals surface area contributed by atoms with Crippen molar-refractivity contribution in [3.63, 3.8) is 0 Å². The van der Waals surface area contributed by atoms with Gasteiger partial charge in [-0.3, -0.25) is 72.9 Å². The highest BCUT2D eigenvalue weighted by Crippen LogP contribution is 2.50. The van der Waals surface area contributed by atoms with E-state index in [9.17, 15) is 103 Å². The third kappa shape index (κ3) is 25.3. The van der Waals surface area contributed by atoms with Gasteiger partial charge >= 0.3 is 23.9 Å². The maximum atomic E-state index is 15.2. The lowest BCUT2D eigenvalue weighted by Crippen LogP contribution is -2.65. The monoisotopic (exact) mass is 1330 g/mol. The summed E-state index contributed by atoms with van der Waals surface area (Å²) in [6, 6.07) is -14.1. The van der Waals surface area contributed by atoms with Crippen molar-refractivity contribution in [2.75, 3.05) is 33.5 Å². The summed E-state index contributed by atoms with van der Waals surface area (Å²) < 4.78 is 5.92. The smallest absolute Gasteiger partial charge is 0.335 e. The van der Waals surface area contributed by atoms with E-state index in [1.54, 1.807) is 0 Å². The Bertz CT molecular complexity index is 2750. The lowest BCUT2D eigenvalue weighted by molar-refractivity contribution is -0.167. The van der Waals surface area contributed by atoms with Gasteiger partial charge in [-0.15, -0.1) is 0 Å². The maximum absolute atomic E-state index is 15.2. The molecule has 37 heteroatoms. The molecule has 522 valence electrons. The number of aliphatic carboxylic acids is 4. The number of aliphatic hydroxyl groups is 5. The Hall–Kier alpha value is -8.75. The number of nitrogens with two attached hydrogens (primary N) is 4. The quantitative estimate of drug-likeness (QED) is 0.00673. The number of carboxylic acid groups (broad SMARTS) is 4. The van der Waals surface area contributed by atoms with Crippen molar-refractivity contribution in [1.29, 1.82) is 5.41 Å². The molecule has 4 unspecified atom stereocenters. The third-order valence-electron chi connectivity index (χ3n) is 15.4. The minimum atomic E-state index is -2.98. The Labute approximate surface area is 534 Å². The van der Waals surface area contributed by atoms with Crippen LogP contribution in [0.3, 0.4) is 0 Å². The molecule has 0 heterocycles. The van der Waals surface area contributed by atoms with Gasteiger partial charge in [-0.05, 0) is 69.6 Å². The van der Waals surface area contributed by atoms with E-state index < -0.39 is 213 Å². The van der Waals surface area contributed by atoms with Crippen LogP contribution < -0.4 is 49.5 Å². The molecule has 0 aromatic heterocycles. The Morgan fingerprint density at radius 1 is 0.763 bits per heavy atom. The zero-order valence-electron chi connectivity index (χ0n) is 52.0. The molecule has 0 spiro atoms. The van der Waals surface area contributed by atoms with Crippen molar-refractivity contribution < 1.29 is 113 Å². The number of aliphatic imine (C=N–C) groups is 1. The predicted molar refractivity (Wildman–Crippen MR) is 322 cm³/mol. The summed E-state index contributed by atoms with van der Waals surface area (Å²) in [6.45, 7) is -0.169. The average Bonchev–Trinajstić information content (AvgIpc) is 1.56. The van der Waals surface area contributed by atoms with Gasteiger partial charge in [0.1, 0.15) is 54.7 Å². The van der Waals surface area contributed by atoms with Crippen molar-refractivity contribution in [3.05, 3.63) is 24.3 Å². The molecule has 2 aliphatic rings. The number of guanidine groups is 2. The first-order valence-corrected chi connectivity index (χ1v) is 29.8. The first-order valence-electron chi connectivity index (χ1n) is 29.8. The van der Waals surface area contributed by atoms with Gasteiger partial charge in [0.05, 0.1) is 44.7 Å². The van der Waals surface area contributed by atoms with E-state index in [1.165, 1.54) is 32.3 Å². The van der Waals surface area contributed by atoms with Crippen LogP contribution in [0.4, 0.5) is 0 Å². The molecule has 93 heavy (non-hydrogen) atoms. The van der Waals surface area contributed by atoms with Crippen LogP contribution in [0.2, 0.25) is 0 Å². The van der Waals surface area contributed by atoms with Crippen molar-refractivity contribution >= 4 is 89.5 Å². The molecule has 2 saturated carbocycles. The summed E-state index contributed by atoms with van der Waals surface area (Å²) in [5.41, 5.74) is 19.6. The second-order valence-corrected chi connectivity index (χ2v) is 22.6. The van der Waals surface area contributed by atoms with Crippen LogP contribution in [0.1, 0.15) is 111 Å². The number of likely N-dealkylation sites (N-methyl/N-ethyl adjacent to an activating group) is 1. The van der Waals surface area contributed by atoms with Crippen LogP contribution in [0, 0.1) is 23.2 Å². The van der Waals surface area contributed by atoms with Crippen LogP contribution in [-0.4, -0.2) is 256 Å². The summed E-state index contributed by atoms with van der Waals surface area (Å²) in [5.74, 6) is -22.4. The van der Waals surface area contributed by atoms with Crippen molar-refractivity contribution in [3.8, 4) is 0 Å². The number of rotatable bonds is 45. The van der Waals surface area contributed by atoms with Gasteiger partial charge in [0.15, 0.2) is 24.1 Å². The van der Waals surface area contributed by atoms with E-state index >= 15 is 4.79 Å². The predicted octanol–water partition coefficient (Wildman–Crippen LogP) is -6.46. The van der Waals surface area contributed by atoms with Gasteiger partial charge in [0.25, 0.3) is 17.7 Å². The number of ether oxygens (including phenoxy) is 1. The number of carboxylic acids is 4. The van der Waals surface area contributed by atoms with E-state index in [1.807, 2.05) is 21.3 Å². The Morgan fingerprint density at radius 3 is 1.86 bits per heavy atom. The Balaban J connectivity index is 2.69. The second kappa shape index (κ2) is 38.9. The van der Waals surface area contributed by atoms with E-state index in [0.29, 0.717) is 9.80 Å². The highest BCUT2D eigenvalue weighted by Gasteiger charge is 2.65. The third-order valence-corrected chi connectivity index (χ3v) is 15.4. The zero-order valence-corrected chi connectivity index (χ0v) is 52.0. The number of unbranched alkanes of at least 4 members (excludes halogenated alkanes) is 7. The number of imide groups is 1. The number of nitrogens with zero attached hydrogens (tertiary/aromatic N) is 4. The van der Waals surface area contributed by atoms with Gasteiger partial charge in [0.2, 0.25) is 35.9 Å². The number of hydrogen-bond donors (Lipinski definition) is 19. The minimum Gasteiger partial charge on any atom is -0.481 e. The number of carbonyl (C=O) groups is 13. The molecule has 23 N–H and O–H groups in total. The van der Waals surface area contributed by atoms with Crippen molar-refractivity contribution in [1.82, 2.24) is 41.3 Å². The van der Waals surface area contributed by atoms with Crippen molar-refractivity contribution in [2.24, 2.45) is 45.7 Å². The summed E-state index contributed by atoms with van der Waals surface area (Å²) >= 11 is 0. The number of allylic oxidation sites excluding steroid dienone is 3. The largest absolute Gasteiger partial charge is 0.481 e. The number of carbonyl (C=O) groups excluding carboxylic acids is 9. The highest BCUT2D eigenvalue weighted by molar-refractivity contribution is 6.06. The second-order valence-electron chi connectivity index (χ2n) is 22.6. The molecular formula is C56H90N14O23. The fourth-order valence-corrected chi connectivity index (χ4v) is 9.68. The molecule has 0 aromatic rings. The van der Waals surface area contributed by atoms with Gasteiger partial charge in [0, 0.05) is 7.05 Å².